The molecular weight excluding hydrogens is 306 g/mol. The van der Waals surface area contributed by atoms with Gasteiger partial charge in [-0.05, 0) is 37.1 Å². The third-order valence-corrected chi connectivity index (χ3v) is 4.23. The topological polar surface area (TPSA) is 69.7 Å². The number of likely N-dealkylation sites (N-methyl/N-ethyl adjacent to an activating group) is 1. The average Bonchev–Trinajstić information content (AvgIpc) is 2.58. The van der Waals surface area contributed by atoms with Crippen molar-refractivity contribution in [2.24, 2.45) is 0 Å². The number of anilines is 1. The van der Waals surface area contributed by atoms with Gasteiger partial charge in [0.2, 0.25) is 17.7 Å². The monoisotopic (exact) mass is 329 g/mol. The Balaban J connectivity index is 1.88. The third kappa shape index (κ3) is 4.22. The maximum atomic E-state index is 12.4. The van der Waals surface area contributed by atoms with Gasteiger partial charge in [0.05, 0.1) is 0 Å². The number of piperazine rings is 1. The fourth-order valence-corrected chi connectivity index (χ4v) is 2.70. The summed E-state index contributed by atoms with van der Waals surface area (Å²) in [7, 11) is 1.76. The quantitative estimate of drug-likeness (QED) is 0.831. The van der Waals surface area contributed by atoms with Crippen molar-refractivity contribution in [1.82, 2.24) is 9.80 Å². The SMILES string of the molecule is C=CC(=O)Nc1ccc(CCC(=O)N2CCN(C)C(=O)C2C)cc1. The molecule has 1 heterocycles. The number of hydrogen-bond donors (Lipinski definition) is 1. The van der Waals surface area contributed by atoms with E-state index in [1.165, 1.54) is 6.08 Å². The molecule has 3 amide bonds. The van der Waals surface area contributed by atoms with E-state index in [0.29, 0.717) is 31.6 Å². The Morgan fingerprint density at radius 2 is 1.96 bits per heavy atom. The highest BCUT2D eigenvalue weighted by Gasteiger charge is 2.31. The van der Waals surface area contributed by atoms with Gasteiger partial charge in [0, 0.05) is 32.2 Å². The summed E-state index contributed by atoms with van der Waals surface area (Å²) in [5.41, 5.74) is 1.70. The van der Waals surface area contributed by atoms with E-state index >= 15 is 0 Å². The van der Waals surface area contributed by atoms with Crippen LogP contribution in [0.5, 0.6) is 0 Å². The van der Waals surface area contributed by atoms with Gasteiger partial charge in [-0.3, -0.25) is 14.4 Å². The number of nitrogens with zero attached hydrogens (tertiary/aromatic N) is 2. The second kappa shape index (κ2) is 7.77. The Bertz CT molecular complexity index is 639. The molecule has 0 aromatic heterocycles. The van der Waals surface area contributed by atoms with Crippen LogP contribution in [-0.4, -0.2) is 53.7 Å². The number of benzene rings is 1. The highest BCUT2D eigenvalue weighted by Crippen LogP contribution is 2.15. The van der Waals surface area contributed by atoms with Crippen LogP contribution in [0.15, 0.2) is 36.9 Å². The standard InChI is InChI=1S/C18H23N3O3/c1-4-16(22)19-15-8-5-14(6-9-15)7-10-17(23)21-12-11-20(3)18(24)13(21)2/h4-6,8-9,13H,1,7,10-12H2,2-3H3,(H,19,22). The maximum absolute atomic E-state index is 12.4. The summed E-state index contributed by atoms with van der Waals surface area (Å²) in [5.74, 6) is -0.281. The van der Waals surface area contributed by atoms with Gasteiger partial charge in [0.15, 0.2) is 0 Å². The van der Waals surface area contributed by atoms with Crippen LogP contribution in [0.3, 0.4) is 0 Å². The van der Waals surface area contributed by atoms with Crippen molar-refractivity contribution in [3.05, 3.63) is 42.5 Å². The number of rotatable bonds is 5. The molecule has 6 heteroatoms. The minimum Gasteiger partial charge on any atom is -0.342 e. The van der Waals surface area contributed by atoms with Crippen LogP contribution in [0.2, 0.25) is 0 Å². The van der Waals surface area contributed by atoms with Crippen LogP contribution in [0.1, 0.15) is 18.9 Å². The van der Waals surface area contributed by atoms with Crippen molar-refractivity contribution in [2.45, 2.75) is 25.8 Å². The summed E-state index contributed by atoms with van der Waals surface area (Å²) < 4.78 is 0. The Morgan fingerprint density at radius 1 is 1.29 bits per heavy atom. The summed E-state index contributed by atoms with van der Waals surface area (Å²) >= 11 is 0. The first-order chi connectivity index (χ1) is 11.4. The van der Waals surface area contributed by atoms with E-state index in [4.69, 9.17) is 0 Å². The van der Waals surface area contributed by atoms with E-state index in [1.807, 2.05) is 12.1 Å². The van der Waals surface area contributed by atoms with Crippen LogP contribution >= 0.6 is 0 Å². The highest BCUT2D eigenvalue weighted by molar-refractivity contribution is 5.98. The molecule has 0 saturated carbocycles. The zero-order chi connectivity index (χ0) is 17.7. The molecule has 0 spiro atoms. The van der Waals surface area contributed by atoms with Gasteiger partial charge in [-0.15, -0.1) is 0 Å². The van der Waals surface area contributed by atoms with Gasteiger partial charge in [-0.25, -0.2) is 0 Å². The molecule has 6 nitrogen and oxygen atoms in total. The number of nitrogens with one attached hydrogen (secondary N) is 1. The highest BCUT2D eigenvalue weighted by atomic mass is 16.2. The molecule has 128 valence electrons. The molecule has 1 aromatic carbocycles. The van der Waals surface area contributed by atoms with Crippen LogP contribution in [0.4, 0.5) is 5.69 Å². The largest absolute Gasteiger partial charge is 0.342 e. The first-order valence-electron chi connectivity index (χ1n) is 7.99. The summed E-state index contributed by atoms with van der Waals surface area (Å²) in [4.78, 5) is 38.9. The van der Waals surface area contributed by atoms with Crippen molar-refractivity contribution < 1.29 is 14.4 Å². The minimum atomic E-state index is -0.396. The number of carbonyl (C=O) groups excluding carboxylic acids is 3. The second-order valence-corrected chi connectivity index (χ2v) is 5.91. The second-order valence-electron chi connectivity index (χ2n) is 5.91. The smallest absolute Gasteiger partial charge is 0.247 e. The molecule has 1 fully saturated rings. The summed E-state index contributed by atoms with van der Waals surface area (Å²) in [6.45, 7) is 6.33. The van der Waals surface area contributed by atoms with Gasteiger partial charge in [-0.2, -0.15) is 0 Å². The normalized spacial score (nSPS) is 17.6. The first-order valence-corrected chi connectivity index (χ1v) is 7.99. The molecule has 2 rings (SSSR count). The number of amides is 3. The molecule has 0 aliphatic carbocycles. The lowest BCUT2D eigenvalue weighted by atomic mass is 10.1. The Morgan fingerprint density at radius 3 is 2.58 bits per heavy atom. The van der Waals surface area contributed by atoms with E-state index in [9.17, 15) is 14.4 Å². The molecule has 1 N–H and O–H groups in total. The van der Waals surface area contributed by atoms with Crippen molar-refractivity contribution in [3.8, 4) is 0 Å². The Hall–Kier alpha value is -2.63. The van der Waals surface area contributed by atoms with Crippen LogP contribution in [-0.2, 0) is 20.8 Å². The zero-order valence-electron chi connectivity index (χ0n) is 14.1. The average molecular weight is 329 g/mol. The van der Waals surface area contributed by atoms with Gasteiger partial charge < -0.3 is 15.1 Å². The molecule has 0 radical (unpaired) electrons. The molecule has 1 aliphatic heterocycles. The lowest BCUT2D eigenvalue weighted by Gasteiger charge is -2.37. The molecule has 1 saturated heterocycles. The van der Waals surface area contributed by atoms with Crippen molar-refractivity contribution >= 4 is 23.4 Å². The molecule has 24 heavy (non-hydrogen) atoms. The Labute approximate surface area is 142 Å². The molecule has 1 aliphatic rings. The molecule has 0 bridgehead atoms. The predicted molar refractivity (Wildman–Crippen MR) is 92.4 cm³/mol. The summed E-state index contributed by atoms with van der Waals surface area (Å²) in [6, 6.07) is 6.95. The molecule has 1 atom stereocenters. The lowest BCUT2D eigenvalue weighted by molar-refractivity contribution is -0.149. The lowest BCUT2D eigenvalue weighted by Crippen LogP contribution is -2.56. The van der Waals surface area contributed by atoms with E-state index in [0.717, 1.165) is 5.56 Å². The van der Waals surface area contributed by atoms with E-state index < -0.39 is 6.04 Å². The van der Waals surface area contributed by atoms with Crippen LogP contribution in [0, 0.1) is 0 Å². The first kappa shape index (κ1) is 17.7. The third-order valence-electron chi connectivity index (χ3n) is 4.23. The summed E-state index contributed by atoms with van der Waals surface area (Å²) in [5, 5.41) is 2.68. The fraction of sp³-hybridized carbons (Fsp3) is 0.389. The molecule has 1 unspecified atom stereocenters. The van der Waals surface area contributed by atoms with Crippen LogP contribution < -0.4 is 5.32 Å². The van der Waals surface area contributed by atoms with Crippen LogP contribution in [0.25, 0.3) is 0 Å². The van der Waals surface area contributed by atoms with Crippen molar-refractivity contribution in [3.63, 3.8) is 0 Å². The predicted octanol–water partition coefficient (Wildman–Crippen LogP) is 1.43. The maximum Gasteiger partial charge on any atom is 0.247 e. The molecule has 1 aromatic rings. The Kier molecular flexibility index (Phi) is 5.73. The van der Waals surface area contributed by atoms with Gasteiger partial charge in [0.1, 0.15) is 6.04 Å². The van der Waals surface area contributed by atoms with E-state index in [1.54, 1.807) is 35.9 Å². The minimum absolute atomic E-state index is 0.00649. The number of carbonyl (C=O) groups is 3. The number of hydrogen-bond acceptors (Lipinski definition) is 3. The van der Waals surface area contributed by atoms with E-state index in [-0.39, 0.29) is 17.7 Å². The van der Waals surface area contributed by atoms with E-state index in [2.05, 4.69) is 11.9 Å². The fourth-order valence-electron chi connectivity index (χ4n) is 2.70. The van der Waals surface area contributed by atoms with Crippen molar-refractivity contribution in [2.75, 3.05) is 25.5 Å². The van der Waals surface area contributed by atoms with Gasteiger partial charge >= 0.3 is 0 Å². The summed E-state index contributed by atoms with van der Waals surface area (Å²) in [6.07, 6.45) is 2.17. The zero-order valence-corrected chi connectivity index (χ0v) is 14.1. The number of aryl methyl sites for hydroxylation is 1. The van der Waals surface area contributed by atoms with Crippen molar-refractivity contribution in [1.29, 1.82) is 0 Å². The molecular formula is C18H23N3O3. The van der Waals surface area contributed by atoms with Gasteiger partial charge in [0.25, 0.3) is 0 Å². The van der Waals surface area contributed by atoms with Gasteiger partial charge in [-0.1, -0.05) is 18.7 Å².